The van der Waals surface area contributed by atoms with Crippen LogP contribution in [-0.4, -0.2) is 13.1 Å². The summed E-state index contributed by atoms with van der Waals surface area (Å²) in [4.78, 5) is 0. The number of hydrogen-bond donors (Lipinski definition) is 1. The minimum absolute atomic E-state index is 0.397. The Morgan fingerprint density at radius 1 is 1.05 bits per heavy atom. The Kier molecular flexibility index (Phi) is 4.24. The molecule has 3 rings (SSSR count). The number of halogens is 1. The predicted octanol–water partition coefficient (Wildman–Crippen LogP) is 5.04. The van der Waals surface area contributed by atoms with E-state index in [-0.39, 0.29) is 0 Å². The maximum Gasteiger partial charge on any atom is 0.0175 e. The first-order valence-electron chi connectivity index (χ1n) is 8.15. The Bertz CT molecular complexity index is 437. The summed E-state index contributed by atoms with van der Waals surface area (Å²) >= 11 is 3.56. The lowest BCUT2D eigenvalue weighted by atomic mass is 9.46. The van der Waals surface area contributed by atoms with E-state index in [9.17, 15) is 0 Å². The van der Waals surface area contributed by atoms with Gasteiger partial charge in [0.05, 0.1) is 0 Å². The van der Waals surface area contributed by atoms with E-state index in [1.807, 2.05) is 0 Å². The third-order valence-corrected chi connectivity index (χ3v) is 6.04. The fourth-order valence-electron chi connectivity index (χ4n) is 4.64. The molecule has 1 N–H and O–H groups in total. The smallest absolute Gasteiger partial charge is 0.0175 e. The molecule has 2 aliphatic carbocycles. The quantitative estimate of drug-likeness (QED) is 0.812. The lowest BCUT2D eigenvalue weighted by Gasteiger charge is -2.59. The average molecular weight is 336 g/mol. The molecule has 2 aliphatic rings. The SMILES string of the molecule is CCNCC1(c2ccc(Br)cc2)CC2(CCCCC2)C1. The second-order valence-electron chi connectivity index (χ2n) is 6.98. The summed E-state index contributed by atoms with van der Waals surface area (Å²) in [6, 6.07) is 9.07. The van der Waals surface area contributed by atoms with Crippen LogP contribution in [0.2, 0.25) is 0 Å². The first kappa shape index (κ1) is 14.6. The van der Waals surface area contributed by atoms with E-state index in [0.717, 1.165) is 13.1 Å². The van der Waals surface area contributed by atoms with Gasteiger partial charge in [-0.3, -0.25) is 0 Å². The van der Waals surface area contributed by atoms with E-state index < -0.39 is 0 Å². The lowest BCUT2D eigenvalue weighted by Crippen LogP contribution is -2.55. The lowest BCUT2D eigenvalue weighted by molar-refractivity contribution is -0.0125. The molecule has 2 saturated carbocycles. The molecule has 0 saturated heterocycles. The molecule has 2 fully saturated rings. The monoisotopic (exact) mass is 335 g/mol. The molecule has 1 nitrogen and oxygen atoms in total. The number of rotatable bonds is 4. The highest BCUT2D eigenvalue weighted by Crippen LogP contribution is 2.61. The summed E-state index contributed by atoms with van der Waals surface area (Å²) < 4.78 is 1.19. The summed E-state index contributed by atoms with van der Waals surface area (Å²) in [5.41, 5.74) is 2.62. The van der Waals surface area contributed by atoms with Crippen LogP contribution in [0.25, 0.3) is 0 Å². The van der Waals surface area contributed by atoms with Gasteiger partial charge in [0.2, 0.25) is 0 Å². The molecule has 0 radical (unpaired) electrons. The van der Waals surface area contributed by atoms with Crippen molar-refractivity contribution in [3.05, 3.63) is 34.3 Å². The van der Waals surface area contributed by atoms with Crippen LogP contribution < -0.4 is 5.32 Å². The van der Waals surface area contributed by atoms with Gasteiger partial charge in [-0.05, 0) is 55.3 Å². The minimum atomic E-state index is 0.397. The van der Waals surface area contributed by atoms with Crippen LogP contribution in [0.15, 0.2) is 28.7 Å². The Morgan fingerprint density at radius 3 is 2.30 bits per heavy atom. The van der Waals surface area contributed by atoms with Crippen molar-refractivity contribution in [2.75, 3.05) is 13.1 Å². The topological polar surface area (TPSA) is 12.0 Å². The van der Waals surface area contributed by atoms with Crippen LogP contribution in [0.5, 0.6) is 0 Å². The van der Waals surface area contributed by atoms with Gasteiger partial charge < -0.3 is 5.32 Å². The van der Waals surface area contributed by atoms with Crippen molar-refractivity contribution in [1.29, 1.82) is 0 Å². The normalized spacial score (nSPS) is 23.5. The van der Waals surface area contributed by atoms with Crippen LogP contribution in [0, 0.1) is 5.41 Å². The molecule has 0 aromatic heterocycles. The fraction of sp³-hybridized carbons (Fsp3) is 0.667. The number of hydrogen-bond acceptors (Lipinski definition) is 1. The van der Waals surface area contributed by atoms with E-state index in [0.29, 0.717) is 10.8 Å². The fourth-order valence-corrected chi connectivity index (χ4v) is 4.90. The Labute approximate surface area is 131 Å². The Balaban J connectivity index is 1.78. The van der Waals surface area contributed by atoms with Gasteiger partial charge in [-0.25, -0.2) is 0 Å². The van der Waals surface area contributed by atoms with Crippen molar-refractivity contribution in [3.8, 4) is 0 Å². The van der Waals surface area contributed by atoms with Gasteiger partial charge in [0.1, 0.15) is 0 Å². The largest absolute Gasteiger partial charge is 0.316 e. The third-order valence-electron chi connectivity index (χ3n) is 5.51. The second kappa shape index (κ2) is 5.81. The number of likely N-dealkylation sites (N-methyl/N-ethyl adjacent to an activating group) is 1. The van der Waals surface area contributed by atoms with Gasteiger partial charge in [0, 0.05) is 16.4 Å². The molecule has 110 valence electrons. The number of benzene rings is 1. The molecule has 0 aliphatic heterocycles. The van der Waals surface area contributed by atoms with E-state index in [2.05, 4.69) is 52.4 Å². The minimum Gasteiger partial charge on any atom is -0.316 e. The van der Waals surface area contributed by atoms with E-state index in [1.54, 1.807) is 0 Å². The molecule has 20 heavy (non-hydrogen) atoms. The van der Waals surface area contributed by atoms with Crippen molar-refractivity contribution in [1.82, 2.24) is 5.32 Å². The van der Waals surface area contributed by atoms with E-state index in [4.69, 9.17) is 0 Å². The molecule has 0 amide bonds. The summed E-state index contributed by atoms with van der Waals surface area (Å²) in [5.74, 6) is 0. The maximum absolute atomic E-state index is 3.61. The molecular formula is C18H26BrN. The average Bonchev–Trinajstić information content (AvgIpc) is 2.44. The van der Waals surface area contributed by atoms with Crippen molar-refractivity contribution in [3.63, 3.8) is 0 Å². The summed E-state index contributed by atoms with van der Waals surface area (Å²) in [6.07, 6.45) is 10.1. The van der Waals surface area contributed by atoms with Crippen LogP contribution >= 0.6 is 15.9 Å². The first-order chi connectivity index (χ1) is 9.68. The molecule has 0 unspecified atom stereocenters. The van der Waals surface area contributed by atoms with Gasteiger partial charge in [-0.2, -0.15) is 0 Å². The van der Waals surface area contributed by atoms with Gasteiger partial charge in [-0.15, -0.1) is 0 Å². The number of nitrogens with one attached hydrogen (secondary N) is 1. The predicted molar refractivity (Wildman–Crippen MR) is 89.1 cm³/mol. The van der Waals surface area contributed by atoms with E-state index in [1.165, 1.54) is 55.0 Å². The van der Waals surface area contributed by atoms with Gasteiger partial charge in [0.25, 0.3) is 0 Å². The highest BCUT2D eigenvalue weighted by atomic mass is 79.9. The molecule has 2 heteroatoms. The molecular weight excluding hydrogens is 310 g/mol. The summed E-state index contributed by atoms with van der Waals surface area (Å²) in [5, 5.41) is 3.61. The highest BCUT2D eigenvalue weighted by molar-refractivity contribution is 9.10. The molecule has 1 spiro atoms. The van der Waals surface area contributed by atoms with Crippen LogP contribution in [0.4, 0.5) is 0 Å². The molecule has 0 atom stereocenters. The molecule has 0 heterocycles. The summed E-state index contributed by atoms with van der Waals surface area (Å²) in [6.45, 7) is 4.43. The highest BCUT2D eigenvalue weighted by Gasteiger charge is 2.54. The Morgan fingerprint density at radius 2 is 1.70 bits per heavy atom. The van der Waals surface area contributed by atoms with Crippen molar-refractivity contribution >= 4 is 15.9 Å². The third kappa shape index (κ3) is 2.69. The standard InChI is InChI=1S/C18H26BrN/c1-2-20-14-18(15-6-8-16(19)9-7-15)12-17(13-18)10-4-3-5-11-17/h6-9,20H,2-5,10-14H2,1H3. The van der Waals surface area contributed by atoms with Gasteiger partial charge in [0.15, 0.2) is 0 Å². The van der Waals surface area contributed by atoms with Crippen LogP contribution in [0.1, 0.15) is 57.4 Å². The van der Waals surface area contributed by atoms with Crippen LogP contribution in [-0.2, 0) is 5.41 Å². The van der Waals surface area contributed by atoms with Crippen molar-refractivity contribution in [2.24, 2.45) is 5.41 Å². The molecule has 1 aromatic carbocycles. The Hall–Kier alpha value is -0.340. The summed E-state index contributed by atoms with van der Waals surface area (Å²) in [7, 11) is 0. The van der Waals surface area contributed by atoms with Crippen molar-refractivity contribution in [2.45, 2.75) is 57.3 Å². The van der Waals surface area contributed by atoms with Crippen molar-refractivity contribution < 1.29 is 0 Å². The molecule has 0 bridgehead atoms. The zero-order valence-electron chi connectivity index (χ0n) is 12.6. The zero-order valence-corrected chi connectivity index (χ0v) is 14.1. The van der Waals surface area contributed by atoms with Gasteiger partial charge >= 0.3 is 0 Å². The second-order valence-corrected chi connectivity index (χ2v) is 7.90. The van der Waals surface area contributed by atoms with Gasteiger partial charge in [-0.1, -0.05) is 54.2 Å². The zero-order chi connectivity index (χ0) is 14.1. The molecule has 1 aromatic rings. The maximum atomic E-state index is 3.61. The first-order valence-corrected chi connectivity index (χ1v) is 8.94. The van der Waals surface area contributed by atoms with E-state index >= 15 is 0 Å². The van der Waals surface area contributed by atoms with Crippen LogP contribution in [0.3, 0.4) is 0 Å².